The number of carboxylic acids is 2. The first kappa shape index (κ1) is 55.7. The molecule has 6 nitrogen and oxygen atoms in total. The minimum Gasteiger partial charge on any atom is -0.547 e. The standard InChI is InChI=1S/2C22H44O3.Sr/c2*1-2-3-4-5-6-7-8-9-10-11-12-13-14-15-16-17-18-19-20-21(23)22(24)25;/h2*21,23H,2-20H2,1H3,(H,24,25);/q;;+2/p-2. The molecule has 0 fully saturated rings. The monoisotopic (exact) mass is 799 g/mol. The van der Waals surface area contributed by atoms with Crippen LogP contribution in [-0.2, 0) is 9.59 Å². The van der Waals surface area contributed by atoms with Crippen LogP contribution in [0.2, 0.25) is 0 Å². The van der Waals surface area contributed by atoms with Gasteiger partial charge < -0.3 is 30.0 Å². The molecule has 0 saturated heterocycles. The molecule has 0 aromatic heterocycles. The summed E-state index contributed by atoms with van der Waals surface area (Å²) < 4.78 is 0. The van der Waals surface area contributed by atoms with Gasteiger partial charge >= 0.3 is 45.5 Å². The predicted molar refractivity (Wildman–Crippen MR) is 215 cm³/mol. The smallest absolute Gasteiger partial charge is 0.547 e. The second-order valence-electron chi connectivity index (χ2n) is 15.3. The van der Waals surface area contributed by atoms with Crippen molar-refractivity contribution < 1.29 is 30.0 Å². The third-order valence-corrected chi connectivity index (χ3v) is 10.2. The fraction of sp³-hybridized carbons (Fsp3) is 0.955. The molecule has 7 heteroatoms. The molecule has 0 aromatic carbocycles. The number of aliphatic hydroxyl groups is 2. The van der Waals surface area contributed by atoms with Crippen LogP contribution < -0.4 is 10.2 Å². The van der Waals surface area contributed by atoms with E-state index in [1.807, 2.05) is 0 Å². The van der Waals surface area contributed by atoms with Crippen molar-refractivity contribution in [3.8, 4) is 0 Å². The molecule has 0 aliphatic rings. The second kappa shape index (κ2) is 48.4. The summed E-state index contributed by atoms with van der Waals surface area (Å²) in [6, 6.07) is 0. The Morgan fingerprint density at radius 1 is 0.333 bits per heavy atom. The normalized spacial score (nSPS) is 12.2. The maximum Gasteiger partial charge on any atom is 2.00 e. The molecule has 0 aliphatic heterocycles. The maximum absolute atomic E-state index is 10.4. The Bertz CT molecular complexity index is 620. The van der Waals surface area contributed by atoms with E-state index in [0.717, 1.165) is 38.5 Å². The summed E-state index contributed by atoms with van der Waals surface area (Å²) in [4.78, 5) is 20.7. The van der Waals surface area contributed by atoms with Crippen LogP contribution >= 0.6 is 0 Å². The molecule has 2 unspecified atom stereocenters. The SMILES string of the molecule is CCCCCCCCCCCCCCCCCCCCC(O)C(=O)[O-].CCCCCCCCCCCCCCCCCCCCC(O)C(=O)[O-].[Sr+2]. The van der Waals surface area contributed by atoms with Crippen molar-refractivity contribution in [2.75, 3.05) is 0 Å². The molecule has 2 N–H and O–H groups in total. The quantitative estimate of drug-likeness (QED) is 0.0470. The Morgan fingerprint density at radius 3 is 0.608 bits per heavy atom. The van der Waals surface area contributed by atoms with Crippen molar-refractivity contribution in [2.45, 2.75) is 270 Å². The molecule has 0 bridgehead atoms. The Hall–Kier alpha value is 0.341. The number of aliphatic hydroxyl groups excluding tert-OH is 2. The van der Waals surface area contributed by atoms with Gasteiger partial charge in [0.15, 0.2) is 0 Å². The number of carbonyl (C=O) groups is 2. The molecule has 0 rings (SSSR count). The Kier molecular flexibility index (Phi) is 52.8. The number of rotatable bonds is 40. The summed E-state index contributed by atoms with van der Waals surface area (Å²) >= 11 is 0. The zero-order valence-corrected chi connectivity index (χ0v) is 37.7. The molecule has 0 heterocycles. The predicted octanol–water partition coefficient (Wildman–Crippen LogP) is 10.7. The maximum atomic E-state index is 10.4. The Morgan fingerprint density at radius 2 is 0.471 bits per heavy atom. The van der Waals surface area contributed by atoms with Crippen LogP contribution in [0.15, 0.2) is 0 Å². The Labute approximate surface area is 354 Å². The molecule has 0 aliphatic carbocycles. The molecule has 2 atom stereocenters. The van der Waals surface area contributed by atoms with Gasteiger partial charge in [-0.05, 0) is 12.8 Å². The van der Waals surface area contributed by atoms with Crippen molar-refractivity contribution in [1.82, 2.24) is 0 Å². The largest absolute Gasteiger partial charge is 2.00 e. The summed E-state index contributed by atoms with van der Waals surface area (Å²) in [5, 5.41) is 38.9. The molecule has 0 radical (unpaired) electrons. The number of aliphatic carboxylic acids is 2. The molecule has 300 valence electrons. The third kappa shape index (κ3) is 50.3. The first-order chi connectivity index (χ1) is 24.4. The number of hydrogen-bond donors (Lipinski definition) is 2. The molecular weight excluding hydrogens is 712 g/mol. The number of unbranched alkanes of at least 4 members (excludes halogenated alkanes) is 34. The van der Waals surface area contributed by atoms with Crippen molar-refractivity contribution in [2.24, 2.45) is 0 Å². The van der Waals surface area contributed by atoms with Gasteiger partial charge in [0.25, 0.3) is 0 Å². The van der Waals surface area contributed by atoms with Gasteiger partial charge in [-0.1, -0.05) is 245 Å². The fourth-order valence-corrected chi connectivity index (χ4v) is 6.71. The van der Waals surface area contributed by atoms with Crippen LogP contribution in [0, 0.1) is 0 Å². The first-order valence-corrected chi connectivity index (χ1v) is 22.1. The minimum atomic E-state index is -1.34. The molecule has 0 aromatic rings. The van der Waals surface area contributed by atoms with Crippen LogP contribution in [0.3, 0.4) is 0 Å². The average molecular weight is 799 g/mol. The van der Waals surface area contributed by atoms with E-state index in [1.165, 1.54) is 193 Å². The number of carbonyl (C=O) groups excluding carboxylic acids is 2. The van der Waals surface area contributed by atoms with E-state index in [1.54, 1.807) is 0 Å². The first-order valence-electron chi connectivity index (χ1n) is 22.1. The van der Waals surface area contributed by atoms with Gasteiger partial charge in [0, 0.05) is 0 Å². The summed E-state index contributed by atoms with van der Waals surface area (Å²) in [5.74, 6) is -2.68. The summed E-state index contributed by atoms with van der Waals surface area (Å²) in [6.45, 7) is 4.55. The molecule has 51 heavy (non-hydrogen) atoms. The van der Waals surface area contributed by atoms with Crippen LogP contribution in [0.25, 0.3) is 0 Å². The molecule has 0 saturated carbocycles. The minimum absolute atomic E-state index is 0. The fourth-order valence-electron chi connectivity index (χ4n) is 6.71. The van der Waals surface area contributed by atoms with Crippen LogP contribution in [0.5, 0.6) is 0 Å². The second-order valence-corrected chi connectivity index (χ2v) is 15.3. The van der Waals surface area contributed by atoms with Gasteiger partial charge in [-0.25, -0.2) is 0 Å². The van der Waals surface area contributed by atoms with Crippen molar-refractivity contribution >= 4 is 57.4 Å². The zero-order valence-electron chi connectivity index (χ0n) is 34.3. The van der Waals surface area contributed by atoms with E-state index < -0.39 is 24.1 Å². The van der Waals surface area contributed by atoms with Gasteiger partial charge in [-0.3, -0.25) is 0 Å². The zero-order chi connectivity index (χ0) is 37.2. The van der Waals surface area contributed by atoms with E-state index in [4.69, 9.17) is 10.2 Å². The molecule has 0 amide bonds. The van der Waals surface area contributed by atoms with E-state index in [0.29, 0.717) is 12.8 Å². The Balaban J connectivity index is -0.000000886. The summed E-state index contributed by atoms with van der Waals surface area (Å²) in [5.41, 5.74) is 0. The third-order valence-electron chi connectivity index (χ3n) is 10.2. The topological polar surface area (TPSA) is 121 Å². The van der Waals surface area contributed by atoms with Gasteiger partial charge in [-0.2, -0.15) is 0 Å². The number of carboxylic acid groups (broad SMARTS) is 2. The van der Waals surface area contributed by atoms with Crippen molar-refractivity contribution in [3.05, 3.63) is 0 Å². The van der Waals surface area contributed by atoms with E-state index in [2.05, 4.69) is 13.8 Å². The molecular formula is C44H86O6Sr. The summed E-state index contributed by atoms with van der Waals surface area (Å²) in [6.07, 6.45) is 45.5. The van der Waals surface area contributed by atoms with Gasteiger partial charge in [0.2, 0.25) is 0 Å². The van der Waals surface area contributed by atoms with Gasteiger partial charge in [0.05, 0.1) is 24.1 Å². The van der Waals surface area contributed by atoms with Crippen LogP contribution in [0.4, 0.5) is 0 Å². The van der Waals surface area contributed by atoms with E-state index >= 15 is 0 Å². The van der Waals surface area contributed by atoms with E-state index in [9.17, 15) is 19.8 Å². The number of hydrogen-bond acceptors (Lipinski definition) is 6. The van der Waals surface area contributed by atoms with Crippen molar-refractivity contribution in [3.63, 3.8) is 0 Å². The average Bonchev–Trinajstić information content (AvgIpc) is 3.10. The van der Waals surface area contributed by atoms with Crippen LogP contribution in [0.1, 0.15) is 258 Å². The van der Waals surface area contributed by atoms with Gasteiger partial charge in [0.1, 0.15) is 0 Å². The van der Waals surface area contributed by atoms with Crippen LogP contribution in [-0.4, -0.2) is 79.8 Å². The van der Waals surface area contributed by atoms with E-state index in [-0.39, 0.29) is 45.5 Å². The van der Waals surface area contributed by atoms with Gasteiger partial charge in [-0.15, -0.1) is 0 Å². The summed E-state index contributed by atoms with van der Waals surface area (Å²) in [7, 11) is 0. The molecule has 0 spiro atoms. The van der Waals surface area contributed by atoms with Crippen molar-refractivity contribution in [1.29, 1.82) is 0 Å².